The molecule has 136 valence electrons. The predicted octanol–water partition coefficient (Wildman–Crippen LogP) is 7.85. The number of allylic oxidation sites excluding steroid dienone is 4. The van der Waals surface area contributed by atoms with E-state index in [1.807, 2.05) is 0 Å². The number of hydrogen-bond acceptors (Lipinski definition) is 0. The Balaban J connectivity index is 1.23. The van der Waals surface area contributed by atoms with E-state index in [1.54, 1.807) is 5.57 Å². The topological polar surface area (TPSA) is 0 Å². The molecule has 3 aliphatic carbocycles. The summed E-state index contributed by atoms with van der Waals surface area (Å²) in [5, 5.41) is 0. The fraction of sp³-hybridized carbons (Fsp3) is 0.833. The van der Waals surface area contributed by atoms with E-state index in [2.05, 4.69) is 25.2 Å². The minimum absolute atomic E-state index is 0.803. The average molecular weight is 329 g/mol. The molecule has 0 heteroatoms. The van der Waals surface area contributed by atoms with Crippen LogP contribution in [0.1, 0.15) is 103 Å². The first kappa shape index (κ1) is 18.3. The molecule has 3 aliphatic rings. The fourth-order valence-corrected chi connectivity index (χ4v) is 5.29. The maximum Gasteiger partial charge on any atom is -0.0131 e. The van der Waals surface area contributed by atoms with Crippen LogP contribution in [-0.4, -0.2) is 0 Å². The van der Waals surface area contributed by atoms with Crippen molar-refractivity contribution in [1.82, 2.24) is 0 Å². The van der Waals surface area contributed by atoms with Gasteiger partial charge >= 0.3 is 0 Å². The minimum Gasteiger partial charge on any atom is -0.0811 e. The molecule has 0 radical (unpaired) electrons. The molecule has 0 aromatic rings. The molecule has 0 aromatic heterocycles. The molecule has 0 saturated heterocycles. The minimum atomic E-state index is 0.803. The molecule has 0 amide bonds. The quantitative estimate of drug-likeness (QED) is 0.358. The normalized spacial score (nSPS) is 29.9. The maximum atomic E-state index is 2.52. The zero-order valence-electron chi connectivity index (χ0n) is 16.1. The van der Waals surface area contributed by atoms with Gasteiger partial charge in [0, 0.05) is 0 Å². The van der Waals surface area contributed by atoms with E-state index in [0.717, 1.165) is 23.7 Å². The summed E-state index contributed by atoms with van der Waals surface area (Å²) in [4.78, 5) is 0. The van der Waals surface area contributed by atoms with E-state index in [0.29, 0.717) is 0 Å². The van der Waals surface area contributed by atoms with Crippen molar-refractivity contribution in [3.63, 3.8) is 0 Å². The van der Waals surface area contributed by atoms with Crippen molar-refractivity contribution in [3.8, 4) is 0 Å². The molecule has 1 saturated carbocycles. The average Bonchev–Trinajstić information content (AvgIpc) is 2.56. The maximum absolute atomic E-state index is 2.52. The molecule has 0 aromatic carbocycles. The molecule has 0 N–H and O–H groups in total. The Hall–Kier alpha value is -0.520. The molecular formula is C24H40. The van der Waals surface area contributed by atoms with E-state index in [9.17, 15) is 0 Å². The lowest BCUT2D eigenvalue weighted by molar-refractivity contribution is 0.251. The third-order valence-corrected chi connectivity index (χ3v) is 7.19. The van der Waals surface area contributed by atoms with Gasteiger partial charge in [-0.15, -0.1) is 0 Å². The highest BCUT2D eigenvalue weighted by atomic mass is 14.4. The SMILES string of the molecule is C[C@H]1C=CC2=CCCC[C@@H]2[C@H]1CCCCCCCCCC1CCC1. The van der Waals surface area contributed by atoms with Crippen molar-refractivity contribution in [2.24, 2.45) is 23.7 Å². The lowest BCUT2D eigenvalue weighted by atomic mass is 9.68. The number of fused-ring (bicyclic) bond motifs is 1. The zero-order chi connectivity index (χ0) is 16.6. The number of rotatable bonds is 10. The van der Waals surface area contributed by atoms with Gasteiger partial charge in [0.25, 0.3) is 0 Å². The summed E-state index contributed by atoms with van der Waals surface area (Å²) in [6.07, 6.45) is 29.6. The Morgan fingerprint density at radius 1 is 0.833 bits per heavy atom. The van der Waals surface area contributed by atoms with Gasteiger partial charge in [-0.3, -0.25) is 0 Å². The number of hydrogen-bond donors (Lipinski definition) is 0. The lowest BCUT2D eigenvalue weighted by Crippen LogP contribution is -2.27. The van der Waals surface area contributed by atoms with Gasteiger partial charge in [0.05, 0.1) is 0 Å². The Bertz CT molecular complexity index is 412. The van der Waals surface area contributed by atoms with Gasteiger partial charge in [-0.1, -0.05) is 95.8 Å². The molecule has 0 bridgehead atoms. The monoisotopic (exact) mass is 328 g/mol. The molecular weight excluding hydrogens is 288 g/mol. The summed E-state index contributed by atoms with van der Waals surface area (Å²) >= 11 is 0. The van der Waals surface area contributed by atoms with E-state index in [4.69, 9.17) is 0 Å². The van der Waals surface area contributed by atoms with Crippen molar-refractivity contribution in [3.05, 3.63) is 23.8 Å². The van der Waals surface area contributed by atoms with Crippen LogP contribution in [0.2, 0.25) is 0 Å². The summed E-state index contributed by atoms with van der Waals surface area (Å²) in [5.74, 6) is 3.75. The summed E-state index contributed by atoms with van der Waals surface area (Å²) in [6.45, 7) is 2.45. The van der Waals surface area contributed by atoms with E-state index >= 15 is 0 Å². The molecule has 0 unspecified atom stereocenters. The van der Waals surface area contributed by atoms with Crippen molar-refractivity contribution >= 4 is 0 Å². The molecule has 0 spiro atoms. The molecule has 1 fully saturated rings. The highest BCUT2D eigenvalue weighted by Gasteiger charge is 2.31. The van der Waals surface area contributed by atoms with E-state index in [1.165, 1.54) is 96.3 Å². The zero-order valence-corrected chi connectivity index (χ0v) is 16.1. The second-order valence-electron chi connectivity index (χ2n) is 8.97. The van der Waals surface area contributed by atoms with Crippen LogP contribution in [0.5, 0.6) is 0 Å². The summed E-state index contributed by atoms with van der Waals surface area (Å²) in [6, 6.07) is 0. The van der Waals surface area contributed by atoms with Gasteiger partial charge in [0.2, 0.25) is 0 Å². The van der Waals surface area contributed by atoms with E-state index < -0.39 is 0 Å². The molecule has 0 heterocycles. The third-order valence-electron chi connectivity index (χ3n) is 7.19. The molecule has 24 heavy (non-hydrogen) atoms. The predicted molar refractivity (Wildman–Crippen MR) is 106 cm³/mol. The highest BCUT2D eigenvalue weighted by Crippen LogP contribution is 2.42. The van der Waals surface area contributed by atoms with Crippen molar-refractivity contribution in [2.75, 3.05) is 0 Å². The van der Waals surface area contributed by atoms with E-state index in [-0.39, 0.29) is 0 Å². The first-order valence-corrected chi connectivity index (χ1v) is 11.2. The Kier molecular flexibility index (Phi) is 7.49. The standard InChI is InChI=1S/C24H40/c1-20-18-19-22-15-9-10-17-24(22)23(20)16-8-6-4-2-3-5-7-12-21-13-11-14-21/h15,18-21,23-24H,2-14,16-17H2,1H3/t20-,23-,24-/m0/s1. The molecule has 0 nitrogen and oxygen atoms in total. The highest BCUT2D eigenvalue weighted by molar-refractivity contribution is 5.28. The third kappa shape index (κ3) is 5.24. The second-order valence-corrected chi connectivity index (χ2v) is 8.97. The van der Waals surface area contributed by atoms with Crippen molar-refractivity contribution in [2.45, 2.75) is 103 Å². The van der Waals surface area contributed by atoms with Crippen LogP contribution in [-0.2, 0) is 0 Å². The van der Waals surface area contributed by atoms with Gasteiger partial charge in [0.1, 0.15) is 0 Å². The van der Waals surface area contributed by atoms with Crippen LogP contribution >= 0.6 is 0 Å². The Labute approximate surface area is 151 Å². The Morgan fingerprint density at radius 3 is 2.25 bits per heavy atom. The van der Waals surface area contributed by atoms with Crippen molar-refractivity contribution < 1.29 is 0 Å². The van der Waals surface area contributed by atoms with Gasteiger partial charge < -0.3 is 0 Å². The van der Waals surface area contributed by atoms with Crippen LogP contribution in [0.15, 0.2) is 23.8 Å². The first-order chi connectivity index (χ1) is 11.8. The van der Waals surface area contributed by atoms with Crippen LogP contribution in [0.3, 0.4) is 0 Å². The van der Waals surface area contributed by atoms with Gasteiger partial charge in [-0.25, -0.2) is 0 Å². The lowest BCUT2D eigenvalue weighted by Gasteiger charge is -2.37. The van der Waals surface area contributed by atoms with Gasteiger partial charge in [0.15, 0.2) is 0 Å². The summed E-state index contributed by atoms with van der Waals surface area (Å²) < 4.78 is 0. The first-order valence-electron chi connectivity index (χ1n) is 11.2. The number of unbranched alkanes of at least 4 members (excludes halogenated alkanes) is 6. The molecule has 3 atom stereocenters. The Morgan fingerprint density at radius 2 is 1.54 bits per heavy atom. The van der Waals surface area contributed by atoms with Crippen molar-refractivity contribution in [1.29, 1.82) is 0 Å². The van der Waals surface area contributed by atoms with Gasteiger partial charge in [-0.2, -0.15) is 0 Å². The molecule has 0 aliphatic heterocycles. The van der Waals surface area contributed by atoms with Crippen LogP contribution in [0.25, 0.3) is 0 Å². The van der Waals surface area contributed by atoms with Crippen LogP contribution in [0, 0.1) is 23.7 Å². The summed E-state index contributed by atoms with van der Waals surface area (Å²) in [7, 11) is 0. The second kappa shape index (κ2) is 9.83. The summed E-state index contributed by atoms with van der Waals surface area (Å²) in [5.41, 5.74) is 1.68. The van der Waals surface area contributed by atoms with Crippen LogP contribution < -0.4 is 0 Å². The van der Waals surface area contributed by atoms with Gasteiger partial charge in [-0.05, 0) is 54.9 Å². The molecule has 3 rings (SSSR count). The smallest absolute Gasteiger partial charge is 0.0131 e. The largest absolute Gasteiger partial charge is 0.0811 e. The fourth-order valence-electron chi connectivity index (χ4n) is 5.29. The van der Waals surface area contributed by atoms with Crippen LogP contribution in [0.4, 0.5) is 0 Å².